The topological polar surface area (TPSA) is 27.1 Å². The van der Waals surface area contributed by atoms with Crippen LogP contribution in [0.1, 0.15) is 11.1 Å². The first-order chi connectivity index (χ1) is 19.0. The monoisotopic (exact) mass is 702 g/mol. The van der Waals surface area contributed by atoms with E-state index in [1.54, 1.807) is 0 Å². The number of quaternary nitrogens is 2. The molecule has 3 aliphatic rings. The number of nitrogens with zero attached hydrogens (tertiary/aromatic N) is 4. The smallest absolute Gasteiger partial charge is 0.179 e. The Kier molecular flexibility index (Phi) is 5.59. The average molecular weight is 703 g/mol. The van der Waals surface area contributed by atoms with Crippen molar-refractivity contribution in [3.8, 4) is 17.2 Å². The second-order valence-corrected chi connectivity index (χ2v) is 10.9. The molecule has 0 radical (unpaired) electrons. The summed E-state index contributed by atoms with van der Waals surface area (Å²) in [6.45, 7) is 7.73. The van der Waals surface area contributed by atoms with E-state index >= 15 is 0 Å². The first-order valence-corrected chi connectivity index (χ1v) is 13.3. The summed E-state index contributed by atoms with van der Waals surface area (Å²) in [6, 6.07) is 36.4. The molecule has 0 unspecified atom stereocenters. The molecule has 0 amide bonds. The zero-order valence-corrected chi connectivity index (χ0v) is 24.7. The summed E-state index contributed by atoms with van der Waals surface area (Å²) in [4.78, 5) is 4.70. The van der Waals surface area contributed by atoms with Gasteiger partial charge in [0.25, 0.3) is 0 Å². The Labute approximate surface area is 248 Å². The molecule has 200 valence electrons. The molecule has 40 heavy (non-hydrogen) atoms. The van der Waals surface area contributed by atoms with Crippen LogP contribution in [0.15, 0.2) is 91.1 Å². The van der Waals surface area contributed by atoms with Gasteiger partial charge < -0.3 is 18.3 Å². The fraction of sp³-hybridized carbons (Fsp3) is 0.118. The number of para-hydroxylation sites is 1. The molecule has 1 fully saturated rings. The Morgan fingerprint density at radius 2 is 1.52 bits per heavy atom. The maximum absolute atomic E-state index is 6.39. The van der Waals surface area contributed by atoms with Gasteiger partial charge in [0, 0.05) is 67.4 Å². The summed E-state index contributed by atoms with van der Waals surface area (Å²) in [5.41, 5.74) is 9.34. The van der Waals surface area contributed by atoms with E-state index in [1.807, 2.05) is 36.5 Å². The van der Waals surface area contributed by atoms with Crippen molar-refractivity contribution >= 4 is 39.0 Å². The Morgan fingerprint density at radius 1 is 0.825 bits per heavy atom. The van der Waals surface area contributed by atoms with E-state index in [4.69, 9.17) is 9.72 Å². The number of benzene rings is 4. The SMILES string of the molecule is Cc1cc2c(cc1C)[N@@+]1(C)[CH-][N@+]2(c2[c-]c(Oc3[c-]c(-n4c5ccccc5c5cccnc54)ccc3)ccc2)C1.[Pt]. The van der Waals surface area contributed by atoms with Gasteiger partial charge in [0.2, 0.25) is 0 Å². The van der Waals surface area contributed by atoms with Crippen molar-refractivity contribution in [2.45, 2.75) is 13.8 Å². The van der Waals surface area contributed by atoms with Crippen LogP contribution in [0.4, 0.5) is 17.1 Å². The van der Waals surface area contributed by atoms with Crippen LogP contribution >= 0.6 is 0 Å². The molecule has 5 nitrogen and oxygen atoms in total. The van der Waals surface area contributed by atoms with Gasteiger partial charge in [-0.25, -0.2) is 4.98 Å². The summed E-state index contributed by atoms with van der Waals surface area (Å²) in [5.74, 6) is 1.32. The zero-order chi connectivity index (χ0) is 26.4. The number of hydrogen-bond acceptors (Lipinski definition) is 2. The molecule has 0 N–H and O–H groups in total. The number of aryl methyl sites for hydroxylation is 2. The van der Waals surface area contributed by atoms with Gasteiger partial charge >= 0.3 is 0 Å². The normalized spacial score (nSPS) is 20.7. The third-order valence-electron chi connectivity index (χ3n) is 8.37. The predicted molar refractivity (Wildman–Crippen MR) is 157 cm³/mol. The number of ether oxygens (including phenoxy) is 1. The van der Waals surface area contributed by atoms with Crippen LogP contribution < -0.4 is 13.7 Å². The van der Waals surface area contributed by atoms with Gasteiger partial charge in [-0.2, -0.15) is 12.1 Å². The summed E-state index contributed by atoms with van der Waals surface area (Å²) in [7, 11) is 2.28. The van der Waals surface area contributed by atoms with Crippen LogP contribution in [0.3, 0.4) is 0 Å². The molecule has 9 rings (SSSR count). The van der Waals surface area contributed by atoms with Crippen molar-refractivity contribution in [2.75, 3.05) is 13.7 Å². The summed E-state index contributed by atoms with van der Waals surface area (Å²) in [6.07, 6.45) is 1.83. The minimum atomic E-state index is 0. The van der Waals surface area contributed by atoms with E-state index in [9.17, 15) is 0 Å². The standard InChI is InChI=1S/C34H27N4O.Pt/c1-23-17-32-33(18-24(23)2)38(21-37(32,3)22-38)26-10-7-12-28(20-26)39-27-11-6-9-25(19-27)36-31-15-5-4-13-29(31)30-14-8-16-35-34(30)36;/h4-18,21H,22H2,1-3H3;/q-1;/t37-,38+;/m0./s1. The van der Waals surface area contributed by atoms with E-state index in [0.717, 1.165) is 39.1 Å². The van der Waals surface area contributed by atoms with Crippen LogP contribution in [-0.4, -0.2) is 23.3 Å². The second-order valence-electron chi connectivity index (χ2n) is 10.9. The molecule has 6 heteroatoms. The molecule has 4 aromatic carbocycles. The molecule has 0 saturated carbocycles. The first kappa shape index (κ1) is 25.2. The molecule has 2 bridgehead atoms. The van der Waals surface area contributed by atoms with Crippen molar-refractivity contribution in [1.82, 2.24) is 18.5 Å². The van der Waals surface area contributed by atoms with Gasteiger partial charge in [0.15, 0.2) is 18.0 Å². The Bertz CT molecular complexity index is 1900. The third-order valence-corrected chi connectivity index (χ3v) is 8.37. The van der Waals surface area contributed by atoms with Gasteiger partial charge in [-0.05, 0) is 43.2 Å². The summed E-state index contributed by atoms with van der Waals surface area (Å²) in [5, 5.41) is 2.29. The Balaban J connectivity index is 0.00000264. The molecule has 0 aliphatic carbocycles. The molecular weight excluding hydrogens is 675 g/mol. The third kappa shape index (κ3) is 3.48. The Morgan fingerprint density at radius 3 is 2.35 bits per heavy atom. The van der Waals surface area contributed by atoms with Crippen LogP contribution in [0, 0.1) is 32.6 Å². The predicted octanol–water partition coefficient (Wildman–Crippen LogP) is 7.87. The average Bonchev–Trinajstić information content (AvgIpc) is 3.48. The molecule has 5 heterocycles. The number of hydrogen-bond donors (Lipinski definition) is 0. The molecule has 6 aromatic rings. The van der Waals surface area contributed by atoms with Crippen molar-refractivity contribution in [3.05, 3.63) is 121 Å². The Hall–Kier alpha value is -3.76. The molecule has 2 atom stereocenters. The molecular formula is C34H27N4OPt-. The van der Waals surface area contributed by atoms with Gasteiger partial charge in [0.1, 0.15) is 5.65 Å². The van der Waals surface area contributed by atoms with Crippen molar-refractivity contribution in [3.63, 3.8) is 0 Å². The molecule has 1 saturated heterocycles. The van der Waals surface area contributed by atoms with Crippen molar-refractivity contribution < 1.29 is 25.8 Å². The van der Waals surface area contributed by atoms with Crippen molar-refractivity contribution in [2.24, 2.45) is 0 Å². The second kappa shape index (κ2) is 8.87. The van der Waals surface area contributed by atoms with E-state index in [1.165, 1.54) is 27.9 Å². The van der Waals surface area contributed by atoms with Gasteiger partial charge in [-0.3, -0.25) is 0 Å². The molecule has 2 aromatic heterocycles. The van der Waals surface area contributed by atoms with Crippen LogP contribution in [0.2, 0.25) is 0 Å². The van der Waals surface area contributed by atoms with E-state index in [2.05, 4.69) is 98.9 Å². The first-order valence-electron chi connectivity index (χ1n) is 13.3. The van der Waals surface area contributed by atoms with Crippen LogP contribution in [0.25, 0.3) is 27.6 Å². The fourth-order valence-corrected chi connectivity index (χ4v) is 6.45. The number of pyridine rings is 1. The number of rotatable bonds is 4. The van der Waals surface area contributed by atoms with Crippen LogP contribution in [-0.2, 0) is 21.1 Å². The maximum Gasteiger partial charge on any atom is 0.179 e. The largest absolute Gasteiger partial charge is 0.509 e. The number of fused-ring (bicyclic) bond motifs is 3. The van der Waals surface area contributed by atoms with E-state index in [-0.39, 0.29) is 21.1 Å². The van der Waals surface area contributed by atoms with Gasteiger partial charge in [0.05, 0.1) is 19.2 Å². The van der Waals surface area contributed by atoms with Crippen LogP contribution in [0.5, 0.6) is 11.5 Å². The van der Waals surface area contributed by atoms with Gasteiger partial charge in [-0.15, -0.1) is 30.3 Å². The number of aromatic nitrogens is 2. The summed E-state index contributed by atoms with van der Waals surface area (Å²) >= 11 is 0. The summed E-state index contributed by atoms with van der Waals surface area (Å²) < 4.78 is 10.1. The minimum Gasteiger partial charge on any atom is -0.509 e. The van der Waals surface area contributed by atoms with Crippen molar-refractivity contribution in [1.29, 1.82) is 0 Å². The fourth-order valence-electron chi connectivity index (χ4n) is 6.45. The maximum atomic E-state index is 6.39. The van der Waals surface area contributed by atoms with E-state index < -0.39 is 0 Å². The molecule has 0 spiro atoms. The quantitative estimate of drug-likeness (QED) is 0.138. The minimum absolute atomic E-state index is 0. The zero-order valence-electron chi connectivity index (χ0n) is 22.5. The van der Waals surface area contributed by atoms with E-state index in [0.29, 0.717) is 16.0 Å². The molecule has 3 aliphatic heterocycles. The van der Waals surface area contributed by atoms with Gasteiger partial charge in [-0.1, -0.05) is 30.0 Å².